The molecule has 0 aliphatic rings. The van der Waals surface area contributed by atoms with E-state index < -0.39 is 0 Å². The monoisotopic (exact) mass is 341 g/mol. The second kappa shape index (κ2) is 8.16. The molecule has 0 saturated heterocycles. The molecule has 3 heteroatoms. The van der Waals surface area contributed by atoms with Gasteiger partial charge in [-0.3, -0.25) is 0 Å². The molecule has 0 spiro atoms. The third-order valence-electron chi connectivity index (χ3n) is 3.07. The molecule has 114 valence electrons. The maximum Gasteiger partial charge on any atom is 0.0949 e. The van der Waals surface area contributed by atoms with E-state index in [-0.39, 0.29) is 11.6 Å². The molecule has 1 rings (SSSR count). The lowest BCUT2D eigenvalue weighted by atomic mass is 10.1. The molecule has 1 unspecified atom stereocenters. The van der Waals surface area contributed by atoms with E-state index in [1.807, 2.05) is 0 Å². The molecule has 0 heterocycles. The average molecular weight is 342 g/mol. The van der Waals surface area contributed by atoms with Crippen LogP contribution in [0.1, 0.15) is 52.7 Å². The quantitative estimate of drug-likeness (QED) is 0.758. The van der Waals surface area contributed by atoms with Crippen LogP contribution in [0.2, 0.25) is 0 Å². The van der Waals surface area contributed by atoms with Gasteiger partial charge in [0, 0.05) is 23.2 Å². The smallest absolute Gasteiger partial charge is 0.0949 e. The Morgan fingerprint density at radius 3 is 2.25 bits per heavy atom. The van der Waals surface area contributed by atoms with E-state index in [1.54, 1.807) is 0 Å². The van der Waals surface area contributed by atoms with E-state index in [4.69, 9.17) is 4.74 Å². The number of halogens is 1. The lowest BCUT2D eigenvalue weighted by molar-refractivity contribution is 0.0417. The maximum atomic E-state index is 6.10. The van der Waals surface area contributed by atoms with E-state index in [1.165, 1.54) is 5.56 Å². The summed E-state index contributed by atoms with van der Waals surface area (Å²) in [6.07, 6.45) is 1.21. The Morgan fingerprint density at radius 2 is 1.75 bits per heavy atom. The van der Waals surface area contributed by atoms with Gasteiger partial charge in [-0.25, -0.2) is 0 Å². The number of hydrogen-bond donors (Lipinski definition) is 1. The molecule has 1 N–H and O–H groups in total. The predicted molar refractivity (Wildman–Crippen MR) is 90.0 cm³/mol. The van der Waals surface area contributed by atoms with Crippen LogP contribution in [0, 0.1) is 5.92 Å². The molecule has 0 aliphatic heterocycles. The number of benzene rings is 1. The second-order valence-corrected chi connectivity index (χ2v) is 7.64. The Hall–Kier alpha value is -0.380. The number of rotatable bonds is 7. The van der Waals surface area contributed by atoms with Crippen LogP contribution in [0.25, 0.3) is 0 Å². The minimum Gasteiger partial charge on any atom is -0.372 e. The van der Waals surface area contributed by atoms with Crippen molar-refractivity contribution in [2.24, 2.45) is 5.92 Å². The predicted octanol–water partition coefficient (Wildman–Crippen LogP) is 4.94. The Bertz CT molecular complexity index is 381. The van der Waals surface area contributed by atoms with Crippen molar-refractivity contribution in [3.05, 3.63) is 34.3 Å². The molecular weight excluding hydrogens is 314 g/mol. The molecule has 0 saturated carbocycles. The van der Waals surface area contributed by atoms with Crippen LogP contribution in [0.5, 0.6) is 0 Å². The van der Waals surface area contributed by atoms with Crippen molar-refractivity contribution < 1.29 is 4.74 Å². The summed E-state index contributed by atoms with van der Waals surface area (Å²) in [5, 5.41) is 3.54. The SMILES string of the molecule is CC(C)CCOC(CNC(C)(C)C)c1ccc(Br)cc1. The standard InChI is InChI=1S/C17H28BrNO/c1-13(2)10-11-20-16(12-19-17(3,4)5)14-6-8-15(18)9-7-14/h6-9,13,16,19H,10-12H2,1-5H3. The third kappa shape index (κ3) is 7.41. The Kier molecular flexibility index (Phi) is 7.21. The molecule has 20 heavy (non-hydrogen) atoms. The van der Waals surface area contributed by atoms with Gasteiger partial charge in [-0.1, -0.05) is 41.9 Å². The van der Waals surface area contributed by atoms with Crippen LogP contribution in [0.4, 0.5) is 0 Å². The van der Waals surface area contributed by atoms with E-state index in [2.05, 4.69) is 80.1 Å². The van der Waals surface area contributed by atoms with Crippen LogP contribution in [-0.2, 0) is 4.74 Å². The van der Waals surface area contributed by atoms with Crippen LogP contribution in [-0.4, -0.2) is 18.7 Å². The molecule has 0 fully saturated rings. The van der Waals surface area contributed by atoms with E-state index in [0.717, 1.165) is 24.0 Å². The Balaban J connectivity index is 2.65. The van der Waals surface area contributed by atoms with Crippen LogP contribution < -0.4 is 5.32 Å². The van der Waals surface area contributed by atoms with Gasteiger partial charge in [0.1, 0.15) is 0 Å². The number of ether oxygens (including phenoxy) is 1. The van der Waals surface area contributed by atoms with Crippen LogP contribution in [0.3, 0.4) is 0 Å². The summed E-state index contributed by atoms with van der Waals surface area (Å²) in [5.41, 5.74) is 1.34. The molecule has 1 aromatic carbocycles. The van der Waals surface area contributed by atoms with Crippen molar-refractivity contribution in [3.8, 4) is 0 Å². The fourth-order valence-electron chi connectivity index (χ4n) is 1.80. The van der Waals surface area contributed by atoms with Gasteiger partial charge in [0.05, 0.1) is 6.10 Å². The van der Waals surface area contributed by atoms with Crippen LogP contribution in [0.15, 0.2) is 28.7 Å². The fraction of sp³-hybridized carbons (Fsp3) is 0.647. The van der Waals surface area contributed by atoms with Crippen molar-refractivity contribution >= 4 is 15.9 Å². The largest absolute Gasteiger partial charge is 0.372 e. The highest BCUT2D eigenvalue weighted by atomic mass is 79.9. The van der Waals surface area contributed by atoms with Gasteiger partial charge in [-0.15, -0.1) is 0 Å². The Labute approximate surface area is 132 Å². The summed E-state index contributed by atoms with van der Waals surface area (Å²) in [7, 11) is 0. The summed E-state index contributed by atoms with van der Waals surface area (Å²) >= 11 is 3.48. The molecule has 0 amide bonds. The summed E-state index contributed by atoms with van der Waals surface area (Å²) in [5.74, 6) is 0.677. The zero-order valence-corrected chi connectivity index (χ0v) is 15.0. The first-order chi connectivity index (χ1) is 9.28. The normalized spacial score (nSPS) is 13.8. The second-order valence-electron chi connectivity index (χ2n) is 6.72. The van der Waals surface area contributed by atoms with Gasteiger partial charge >= 0.3 is 0 Å². The summed E-state index contributed by atoms with van der Waals surface area (Å²) in [4.78, 5) is 0. The highest BCUT2D eigenvalue weighted by Crippen LogP contribution is 2.21. The molecule has 2 nitrogen and oxygen atoms in total. The lowest BCUT2D eigenvalue weighted by Gasteiger charge is -2.26. The first-order valence-corrected chi connectivity index (χ1v) is 8.19. The zero-order chi connectivity index (χ0) is 15.2. The van der Waals surface area contributed by atoms with Crippen molar-refractivity contribution in [3.63, 3.8) is 0 Å². The molecule has 0 bridgehead atoms. The molecule has 0 radical (unpaired) electrons. The zero-order valence-electron chi connectivity index (χ0n) is 13.4. The first-order valence-electron chi connectivity index (χ1n) is 7.40. The van der Waals surface area contributed by atoms with Crippen molar-refractivity contribution in [1.29, 1.82) is 0 Å². The van der Waals surface area contributed by atoms with Crippen molar-refractivity contribution in [1.82, 2.24) is 5.32 Å². The summed E-state index contributed by atoms with van der Waals surface area (Å²) < 4.78 is 7.20. The molecule has 0 aliphatic carbocycles. The molecule has 1 atom stereocenters. The molecule has 0 aromatic heterocycles. The van der Waals surface area contributed by atoms with Gasteiger partial charge in [-0.05, 0) is 50.8 Å². The maximum absolute atomic E-state index is 6.10. The first kappa shape index (κ1) is 17.7. The average Bonchev–Trinajstić information content (AvgIpc) is 2.33. The lowest BCUT2D eigenvalue weighted by Crippen LogP contribution is -2.39. The van der Waals surface area contributed by atoms with Gasteiger partial charge < -0.3 is 10.1 Å². The fourth-order valence-corrected chi connectivity index (χ4v) is 2.06. The van der Waals surface area contributed by atoms with Gasteiger partial charge in [0.2, 0.25) is 0 Å². The highest BCUT2D eigenvalue weighted by Gasteiger charge is 2.16. The molecular formula is C17H28BrNO. The minimum absolute atomic E-state index is 0.106. The Morgan fingerprint density at radius 1 is 1.15 bits per heavy atom. The minimum atomic E-state index is 0.106. The number of nitrogens with one attached hydrogen (secondary N) is 1. The summed E-state index contributed by atoms with van der Waals surface area (Å²) in [6, 6.07) is 8.42. The van der Waals surface area contributed by atoms with Crippen LogP contribution >= 0.6 is 15.9 Å². The van der Waals surface area contributed by atoms with Gasteiger partial charge in [-0.2, -0.15) is 0 Å². The van der Waals surface area contributed by atoms with Gasteiger partial charge in [0.25, 0.3) is 0 Å². The van der Waals surface area contributed by atoms with Crippen molar-refractivity contribution in [2.75, 3.05) is 13.2 Å². The van der Waals surface area contributed by atoms with Gasteiger partial charge in [0.15, 0.2) is 0 Å². The van der Waals surface area contributed by atoms with Crippen molar-refractivity contribution in [2.45, 2.75) is 52.7 Å². The van der Waals surface area contributed by atoms with E-state index in [0.29, 0.717) is 5.92 Å². The topological polar surface area (TPSA) is 21.3 Å². The summed E-state index contributed by atoms with van der Waals surface area (Å²) in [6.45, 7) is 12.6. The molecule has 1 aromatic rings. The number of hydrogen-bond acceptors (Lipinski definition) is 2. The third-order valence-corrected chi connectivity index (χ3v) is 3.60. The van der Waals surface area contributed by atoms with E-state index in [9.17, 15) is 0 Å². The highest BCUT2D eigenvalue weighted by molar-refractivity contribution is 9.10. The van der Waals surface area contributed by atoms with E-state index >= 15 is 0 Å².